The van der Waals surface area contributed by atoms with Crippen molar-refractivity contribution in [2.45, 2.75) is 25.3 Å². The van der Waals surface area contributed by atoms with Gasteiger partial charge in [0.15, 0.2) is 0 Å². The van der Waals surface area contributed by atoms with Crippen LogP contribution in [0, 0.1) is 0 Å². The first kappa shape index (κ1) is 12.3. The van der Waals surface area contributed by atoms with Crippen molar-refractivity contribution in [2.75, 3.05) is 6.54 Å². The average Bonchev–Trinajstić information content (AvgIpc) is 2.34. The molecule has 0 saturated carbocycles. The fraction of sp³-hybridized carbons (Fsp3) is 0.357. The van der Waals surface area contributed by atoms with E-state index in [1.165, 1.54) is 10.9 Å². The minimum absolute atomic E-state index is 0.233. The maximum atomic E-state index is 5.90. The van der Waals surface area contributed by atoms with Gasteiger partial charge in [-0.3, -0.25) is 4.98 Å². The number of halogens is 1. The molecule has 0 bridgehead atoms. The minimum atomic E-state index is 0.233. The third kappa shape index (κ3) is 3.42. The number of alkyl halides is 1. The summed E-state index contributed by atoms with van der Waals surface area (Å²) in [4.78, 5) is 4.35. The Bertz CT molecular complexity index is 477. The Morgan fingerprint density at radius 2 is 2.12 bits per heavy atom. The SMILES string of the molecule is CC(Cl)CCNCc1ccnc2ccccc12. The van der Waals surface area contributed by atoms with E-state index in [9.17, 15) is 0 Å². The van der Waals surface area contributed by atoms with Crippen LogP contribution in [0.4, 0.5) is 0 Å². The van der Waals surface area contributed by atoms with Gasteiger partial charge in [-0.2, -0.15) is 0 Å². The normalized spacial score (nSPS) is 12.8. The lowest BCUT2D eigenvalue weighted by Crippen LogP contribution is -2.17. The molecule has 2 rings (SSSR count). The van der Waals surface area contributed by atoms with Crippen LogP contribution in [0.1, 0.15) is 18.9 Å². The number of fused-ring (bicyclic) bond motifs is 1. The van der Waals surface area contributed by atoms with E-state index in [4.69, 9.17) is 11.6 Å². The van der Waals surface area contributed by atoms with Gasteiger partial charge >= 0.3 is 0 Å². The number of nitrogens with one attached hydrogen (secondary N) is 1. The quantitative estimate of drug-likeness (QED) is 0.649. The predicted molar refractivity (Wildman–Crippen MR) is 73.4 cm³/mol. The van der Waals surface area contributed by atoms with Gasteiger partial charge in [0.05, 0.1) is 5.52 Å². The Kier molecular flexibility index (Phi) is 4.35. The second-order valence-electron chi connectivity index (χ2n) is 4.23. The third-order valence-corrected chi connectivity index (χ3v) is 2.99. The molecule has 0 fully saturated rings. The molecule has 90 valence electrons. The van der Waals surface area contributed by atoms with Crippen LogP contribution in [0.3, 0.4) is 0 Å². The van der Waals surface area contributed by atoms with Gasteiger partial charge in [0.25, 0.3) is 0 Å². The zero-order valence-electron chi connectivity index (χ0n) is 9.99. The molecule has 17 heavy (non-hydrogen) atoms. The third-order valence-electron chi connectivity index (χ3n) is 2.77. The maximum Gasteiger partial charge on any atom is 0.0705 e. The monoisotopic (exact) mass is 248 g/mol. The second-order valence-corrected chi connectivity index (χ2v) is 4.98. The van der Waals surface area contributed by atoms with E-state index in [2.05, 4.69) is 22.4 Å². The highest BCUT2D eigenvalue weighted by atomic mass is 35.5. The number of benzene rings is 1. The summed E-state index contributed by atoms with van der Waals surface area (Å²) in [5.74, 6) is 0. The molecule has 0 aliphatic rings. The van der Waals surface area contributed by atoms with Crippen molar-refractivity contribution < 1.29 is 0 Å². The fourth-order valence-electron chi connectivity index (χ4n) is 1.83. The molecule has 2 aromatic rings. The van der Waals surface area contributed by atoms with Gasteiger partial charge in [-0.1, -0.05) is 18.2 Å². The van der Waals surface area contributed by atoms with Gasteiger partial charge in [0, 0.05) is 23.5 Å². The van der Waals surface area contributed by atoms with Crippen molar-refractivity contribution >= 4 is 22.5 Å². The lowest BCUT2D eigenvalue weighted by Gasteiger charge is -2.08. The van der Waals surface area contributed by atoms with Crippen molar-refractivity contribution in [3.05, 3.63) is 42.1 Å². The molecule has 1 N–H and O–H groups in total. The van der Waals surface area contributed by atoms with E-state index in [0.29, 0.717) is 0 Å². The van der Waals surface area contributed by atoms with Gasteiger partial charge in [0.1, 0.15) is 0 Å². The highest BCUT2D eigenvalue weighted by Gasteiger charge is 2.01. The topological polar surface area (TPSA) is 24.9 Å². The molecule has 0 aliphatic carbocycles. The van der Waals surface area contributed by atoms with Crippen molar-refractivity contribution in [1.29, 1.82) is 0 Å². The molecular weight excluding hydrogens is 232 g/mol. The Morgan fingerprint density at radius 1 is 1.29 bits per heavy atom. The molecule has 0 radical (unpaired) electrons. The second kappa shape index (κ2) is 5.99. The standard InChI is InChI=1S/C14H17ClN2/c1-11(15)6-8-16-10-12-7-9-17-14-5-3-2-4-13(12)14/h2-5,7,9,11,16H,6,8,10H2,1H3. The van der Waals surface area contributed by atoms with Crippen LogP contribution < -0.4 is 5.32 Å². The summed E-state index contributed by atoms with van der Waals surface area (Å²) in [6, 6.07) is 10.3. The molecule has 0 saturated heterocycles. The largest absolute Gasteiger partial charge is 0.313 e. The van der Waals surface area contributed by atoms with E-state index in [0.717, 1.165) is 25.0 Å². The molecule has 1 atom stereocenters. The number of hydrogen-bond acceptors (Lipinski definition) is 2. The lowest BCUT2D eigenvalue weighted by atomic mass is 10.1. The van der Waals surface area contributed by atoms with E-state index in [1.54, 1.807) is 0 Å². The molecule has 1 heterocycles. The fourth-order valence-corrected chi connectivity index (χ4v) is 1.94. The lowest BCUT2D eigenvalue weighted by molar-refractivity contribution is 0.646. The van der Waals surface area contributed by atoms with Crippen LogP contribution in [0.2, 0.25) is 0 Å². The van der Waals surface area contributed by atoms with Crippen LogP contribution >= 0.6 is 11.6 Å². The zero-order chi connectivity index (χ0) is 12.1. The van der Waals surface area contributed by atoms with E-state index in [1.807, 2.05) is 31.3 Å². The smallest absolute Gasteiger partial charge is 0.0705 e. The summed E-state index contributed by atoms with van der Waals surface area (Å²) in [5, 5.41) is 4.87. The molecule has 1 aromatic heterocycles. The van der Waals surface area contributed by atoms with Gasteiger partial charge in [-0.25, -0.2) is 0 Å². The van der Waals surface area contributed by atoms with Crippen molar-refractivity contribution in [3.8, 4) is 0 Å². The van der Waals surface area contributed by atoms with E-state index >= 15 is 0 Å². The van der Waals surface area contributed by atoms with E-state index in [-0.39, 0.29) is 5.38 Å². The molecule has 0 amide bonds. The van der Waals surface area contributed by atoms with Crippen molar-refractivity contribution in [3.63, 3.8) is 0 Å². The molecule has 2 nitrogen and oxygen atoms in total. The van der Waals surface area contributed by atoms with Crippen LogP contribution in [0.15, 0.2) is 36.5 Å². The van der Waals surface area contributed by atoms with Crippen LogP contribution in [-0.2, 0) is 6.54 Å². The number of para-hydroxylation sites is 1. The number of pyridine rings is 1. The summed E-state index contributed by atoms with van der Waals surface area (Å²) < 4.78 is 0. The van der Waals surface area contributed by atoms with Gasteiger partial charge in [-0.05, 0) is 37.6 Å². The summed E-state index contributed by atoms with van der Waals surface area (Å²) in [5.41, 5.74) is 2.34. The number of nitrogens with zero attached hydrogens (tertiary/aromatic N) is 1. The summed E-state index contributed by atoms with van der Waals surface area (Å²) in [6.45, 7) is 3.83. The van der Waals surface area contributed by atoms with Crippen molar-refractivity contribution in [1.82, 2.24) is 10.3 Å². The zero-order valence-corrected chi connectivity index (χ0v) is 10.7. The summed E-state index contributed by atoms with van der Waals surface area (Å²) >= 11 is 5.90. The molecule has 1 aromatic carbocycles. The Labute approximate surface area is 107 Å². The van der Waals surface area contributed by atoms with Crippen molar-refractivity contribution in [2.24, 2.45) is 0 Å². The summed E-state index contributed by atoms with van der Waals surface area (Å²) in [7, 11) is 0. The van der Waals surface area contributed by atoms with Crippen LogP contribution in [0.25, 0.3) is 10.9 Å². The maximum absolute atomic E-state index is 5.90. The molecule has 1 unspecified atom stereocenters. The Hall–Kier alpha value is -1.12. The number of hydrogen-bond donors (Lipinski definition) is 1. The highest BCUT2D eigenvalue weighted by Crippen LogP contribution is 2.15. The Balaban J connectivity index is 2.03. The molecular formula is C14H17ClN2. The molecule has 0 aliphatic heterocycles. The van der Waals surface area contributed by atoms with Gasteiger partial charge in [0.2, 0.25) is 0 Å². The first-order valence-electron chi connectivity index (χ1n) is 5.95. The first-order valence-corrected chi connectivity index (χ1v) is 6.38. The first-order chi connectivity index (χ1) is 8.27. The number of aromatic nitrogens is 1. The number of rotatable bonds is 5. The van der Waals surface area contributed by atoms with Crippen LogP contribution in [0.5, 0.6) is 0 Å². The highest BCUT2D eigenvalue weighted by molar-refractivity contribution is 6.20. The van der Waals surface area contributed by atoms with Crippen LogP contribution in [-0.4, -0.2) is 16.9 Å². The van der Waals surface area contributed by atoms with E-state index < -0.39 is 0 Å². The van der Waals surface area contributed by atoms with Gasteiger partial charge < -0.3 is 5.32 Å². The average molecular weight is 249 g/mol. The Morgan fingerprint density at radius 3 is 2.94 bits per heavy atom. The summed E-state index contributed by atoms with van der Waals surface area (Å²) in [6.07, 6.45) is 2.86. The minimum Gasteiger partial charge on any atom is -0.313 e. The molecule has 0 spiro atoms. The predicted octanol–water partition coefficient (Wildman–Crippen LogP) is 3.34. The van der Waals surface area contributed by atoms with Gasteiger partial charge in [-0.15, -0.1) is 11.6 Å². The molecule has 3 heteroatoms.